The molecule has 0 spiro atoms. The van der Waals surface area contributed by atoms with Gasteiger partial charge in [0.25, 0.3) is 0 Å². The standard InChI is InChI=1S/C29H33ClN4O5S/c1-20(2)39-29(36)27-18-33(40(37,38)26-6-4-22-15-24(30)5-3-23(22)16-26)19-28(35)34(27)17-21-9-13-32(14-10-21)25-7-11-31-12-8-25/h3-8,11-12,15-16,20-21,27H,9-10,13-14,17-19H2,1-2H3/t27-/m1/s1. The van der Waals surface area contributed by atoms with Gasteiger partial charge in [-0.25, -0.2) is 13.2 Å². The number of hydrogen-bond donors (Lipinski definition) is 0. The number of rotatable bonds is 7. The number of esters is 1. The van der Waals surface area contributed by atoms with Crippen molar-refractivity contribution < 1.29 is 22.7 Å². The van der Waals surface area contributed by atoms with E-state index in [0.717, 1.165) is 41.3 Å². The Hall–Kier alpha value is -3.21. The van der Waals surface area contributed by atoms with Gasteiger partial charge < -0.3 is 14.5 Å². The van der Waals surface area contributed by atoms with E-state index in [1.165, 1.54) is 11.0 Å². The number of piperazine rings is 1. The summed E-state index contributed by atoms with van der Waals surface area (Å²) >= 11 is 6.07. The highest BCUT2D eigenvalue weighted by atomic mass is 35.5. The first-order chi connectivity index (χ1) is 19.1. The third kappa shape index (κ3) is 6.09. The zero-order valence-corrected chi connectivity index (χ0v) is 24.1. The van der Waals surface area contributed by atoms with E-state index in [1.807, 2.05) is 12.1 Å². The molecule has 1 amide bonds. The van der Waals surface area contributed by atoms with E-state index in [0.29, 0.717) is 17.0 Å². The largest absolute Gasteiger partial charge is 0.461 e. The number of pyridine rings is 1. The fourth-order valence-corrected chi connectivity index (χ4v) is 7.02. The summed E-state index contributed by atoms with van der Waals surface area (Å²) in [5.74, 6) is -0.804. The van der Waals surface area contributed by atoms with Gasteiger partial charge in [-0.1, -0.05) is 23.7 Å². The Morgan fingerprint density at radius 2 is 1.73 bits per heavy atom. The summed E-state index contributed by atoms with van der Waals surface area (Å²) in [6.45, 7) is 5.01. The zero-order valence-electron chi connectivity index (χ0n) is 22.6. The van der Waals surface area contributed by atoms with E-state index in [4.69, 9.17) is 16.3 Å². The lowest BCUT2D eigenvalue weighted by atomic mass is 9.94. The smallest absolute Gasteiger partial charge is 0.330 e. The van der Waals surface area contributed by atoms with E-state index >= 15 is 0 Å². The average Bonchev–Trinajstić information content (AvgIpc) is 2.94. The molecule has 40 heavy (non-hydrogen) atoms. The third-order valence-corrected chi connectivity index (χ3v) is 9.56. The monoisotopic (exact) mass is 584 g/mol. The maximum absolute atomic E-state index is 13.7. The topological polar surface area (TPSA) is 100 Å². The van der Waals surface area contributed by atoms with Crippen LogP contribution in [0.15, 0.2) is 65.8 Å². The van der Waals surface area contributed by atoms with E-state index in [1.54, 1.807) is 56.6 Å². The molecule has 9 nitrogen and oxygen atoms in total. The molecule has 2 aromatic carbocycles. The van der Waals surface area contributed by atoms with Gasteiger partial charge in [-0.3, -0.25) is 9.78 Å². The molecular weight excluding hydrogens is 552 g/mol. The number of aromatic nitrogens is 1. The first-order valence-electron chi connectivity index (χ1n) is 13.5. The molecule has 0 radical (unpaired) electrons. The second-order valence-electron chi connectivity index (χ2n) is 10.6. The number of amides is 1. The van der Waals surface area contributed by atoms with Gasteiger partial charge in [-0.15, -0.1) is 0 Å². The Bertz CT molecular complexity index is 1490. The van der Waals surface area contributed by atoms with Crippen molar-refractivity contribution in [3.8, 4) is 0 Å². The van der Waals surface area contributed by atoms with Crippen molar-refractivity contribution in [2.45, 2.75) is 43.7 Å². The van der Waals surface area contributed by atoms with Crippen LogP contribution in [0.3, 0.4) is 0 Å². The van der Waals surface area contributed by atoms with Gasteiger partial charge in [-0.05, 0) is 79.8 Å². The number of benzene rings is 2. The first kappa shape index (κ1) is 28.3. The highest BCUT2D eigenvalue weighted by molar-refractivity contribution is 7.89. The van der Waals surface area contributed by atoms with Gasteiger partial charge in [-0.2, -0.15) is 4.31 Å². The minimum atomic E-state index is -4.05. The minimum Gasteiger partial charge on any atom is -0.461 e. The lowest BCUT2D eigenvalue weighted by Crippen LogP contribution is -2.62. The molecule has 0 bridgehead atoms. The molecule has 1 atom stereocenters. The molecule has 0 N–H and O–H groups in total. The van der Waals surface area contributed by atoms with Crippen molar-refractivity contribution in [2.24, 2.45) is 5.92 Å². The molecule has 2 aliphatic rings. The zero-order chi connectivity index (χ0) is 28.4. The summed E-state index contributed by atoms with van der Waals surface area (Å²) in [4.78, 5) is 34.6. The van der Waals surface area contributed by atoms with Gasteiger partial charge in [0.1, 0.15) is 6.04 Å². The molecule has 5 rings (SSSR count). The summed E-state index contributed by atoms with van der Waals surface area (Å²) < 4.78 is 33.9. The van der Waals surface area contributed by atoms with Crippen LogP contribution in [0, 0.1) is 5.92 Å². The molecule has 0 unspecified atom stereocenters. The number of sulfonamides is 1. The fourth-order valence-electron chi connectivity index (χ4n) is 5.41. The summed E-state index contributed by atoms with van der Waals surface area (Å²) in [6, 6.07) is 12.9. The number of nitrogens with zero attached hydrogens (tertiary/aromatic N) is 4. The number of piperidine rings is 1. The van der Waals surface area contributed by atoms with Crippen molar-refractivity contribution in [1.29, 1.82) is 0 Å². The Morgan fingerprint density at radius 3 is 2.42 bits per heavy atom. The Balaban J connectivity index is 1.34. The Labute approximate surface area is 239 Å². The van der Waals surface area contributed by atoms with Crippen LogP contribution in [0.4, 0.5) is 5.69 Å². The van der Waals surface area contributed by atoms with Gasteiger partial charge in [0, 0.05) is 49.3 Å². The minimum absolute atomic E-state index is 0.0584. The quantitative estimate of drug-likeness (QED) is 0.388. The molecule has 2 saturated heterocycles. The van der Waals surface area contributed by atoms with Crippen molar-refractivity contribution >= 4 is 50.0 Å². The molecule has 3 aromatic rings. The Morgan fingerprint density at radius 1 is 1.05 bits per heavy atom. The van der Waals surface area contributed by atoms with E-state index in [9.17, 15) is 18.0 Å². The maximum Gasteiger partial charge on any atom is 0.330 e. The molecule has 0 saturated carbocycles. The average molecular weight is 585 g/mol. The molecular formula is C29H33ClN4O5S. The summed E-state index contributed by atoms with van der Waals surface area (Å²) in [6.07, 6.45) is 4.84. The molecule has 2 aliphatic heterocycles. The van der Waals surface area contributed by atoms with Crippen molar-refractivity contribution in [1.82, 2.24) is 14.2 Å². The van der Waals surface area contributed by atoms with Crippen LogP contribution in [-0.4, -0.2) is 79.4 Å². The normalized spacial score (nSPS) is 19.4. The molecule has 0 aliphatic carbocycles. The molecule has 212 valence electrons. The fraction of sp³-hybridized carbons (Fsp3) is 0.414. The van der Waals surface area contributed by atoms with Crippen LogP contribution >= 0.6 is 11.6 Å². The maximum atomic E-state index is 13.7. The molecule has 3 heterocycles. The van der Waals surface area contributed by atoms with Gasteiger partial charge in [0.2, 0.25) is 15.9 Å². The number of halogens is 1. The van der Waals surface area contributed by atoms with Crippen LogP contribution < -0.4 is 4.90 Å². The molecule has 11 heteroatoms. The number of anilines is 1. The summed E-state index contributed by atoms with van der Waals surface area (Å²) in [5.41, 5.74) is 1.11. The number of carbonyl (C=O) groups is 2. The third-order valence-electron chi connectivity index (χ3n) is 7.52. The highest BCUT2D eigenvalue weighted by Crippen LogP contribution is 2.29. The second-order valence-corrected chi connectivity index (χ2v) is 13.0. The number of carbonyl (C=O) groups excluding carboxylic acids is 2. The number of fused-ring (bicyclic) bond motifs is 1. The van der Waals surface area contributed by atoms with Crippen molar-refractivity contribution in [2.75, 3.05) is 37.6 Å². The lowest BCUT2D eigenvalue weighted by molar-refractivity contribution is -0.162. The number of hydrogen-bond acceptors (Lipinski definition) is 7. The van der Waals surface area contributed by atoms with Crippen LogP contribution in [0.1, 0.15) is 26.7 Å². The van der Waals surface area contributed by atoms with Gasteiger partial charge >= 0.3 is 5.97 Å². The molecule has 1 aromatic heterocycles. The highest BCUT2D eigenvalue weighted by Gasteiger charge is 2.43. The molecule has 2 fully saturated rings. The summed E-state index contributed by atoms with van der Waals surface area (Å²) in [7, 11) is -4.05. The first-order valence-corrected chi connectivity index (χ1v) is 15.3. The predicted octanol–water partition coefficient (Wildman–Crippen LogP) is 3.96. The van der Waals surface area contributed by atoms with Crippen LogP contribution in [0.25, 0.3) is 10.8 Å². The van der Waals surface area contributed by atoms with E-state index in [2.05, 4.69) is 9.88 Å². The van der Waals surface area contributed by atoms with E-state index in [-0.39, 0.29) is 23.9 Å². The van der Waals surface area contributed by atoms with E-state index < -0.39 is 34.0 Å². The van der Waals surface area contributed by atoms with Crippen LogP contribution in [0.5, 0.6) is 0 Å². The SMILES string of the molecule is CC(C)OC(=O)[C@H]1CN(S(=O)(=O)c2ccc3cc(Cl)ccc3c2)CC(=O)N1CC1CCN(c2ccncc2)CC1. The van der Waals surface area contributed by atoms with Crippen LogP contribution in [0.2, 0.25) is 5.02 Å². The predicted molar refractivity (Wildman–Crippen MR) is 154 cm³/mol. The van der Waals surface area contributed by atoms with Crippen LogP contribution in [-0.2, 0) is 24.3 Å². The second kappa shape index (κ2) is 11.7. The number of ether oxygens (including phenoxy) is 1. The van der Waals surface area contributed by atoms with Gasteiger partial charge in [0.05, 0.1) is 17.5 Å². The summed E-state index contributed by atoms with van der Waals surface area (Å²) in [5, 5.41) is 2.07. The van der Waals surface area contributed by atoms with Gasteiger partial charge in [0.15, 0.2) is 0 Å². The van der Waals surface area contributed by atoms with Crippen molar-refractivity contribution in [3.63, 3.8) is 0 Å². The Kier molecular flexibility index (Phi) is 8.30. The lowest BCUT2D eigenvalue weighted by Gasteiger charge is -2.42. The van der Waals surface area contributed by atoms with Crippen molar-refractivity contribution in [3.05, 3.63) is 65.9 Å².